The van der Waals surface area contributed by atoms with Crippen LogP contribution in [0.5, 0.6) is 0 Å². The van der Waals surface area contributed by atoms with Gasteiger partial charge in [-0.3, -0.25) is 0 Å². The van der Waals surface area contributed by atoms with Crippen molar-refractivity contribution in [2.24, 2.45) is 0 Å². The maximum absolute atomic E-state index is 5.80. The molecule has 110 valence electrons. The fraction of sp³-hybridized carbons (Fsp3) is 0.375. The minimum Gasteiger partial charge on any atom is -0.421 e. The summed E-state index contributed by atoms with van der Waals surface area (Å²) in [5.41, 5.74) is 1.04. The molecule has 1 aromatic carbocycles. The van der Waals surface area contributed by atoms with Gasteiger partial charge in [0.25, 0.3) is 0 Å². The fourth-order valence-corrected chi connectivity index (χ4v) is 3.17. The van der Waals surface area contributed by atoms with Gasteiger partial charge in [-0.25, -0.2) is 0 Å². The Balaban J connectivity index is 1.70. The molecule has 0 fully saturated rings. The third-order valence-corrected chi connectivity index (χ3v) is 4.26. The predicted molar refractivity (Wildman–Crippen MR) is 86.6 cm³/mol. The summed E-state index contributed by atoms with van der Waals surface area (Å²) < 4.78 is 7.04. The van der Waals surface area contributed by atoms with Crippen molar-refractivity contribution in [2.45, 2.75) is 32.7 Å². The largest absolute Gasteiger partial charge is 0.421 e. The van der Waals surface area contributed by atoms with Crippen molar-refractivity contribution in [3.05, 3.63) is 35.5 Å². The van der Waals surface area contributed by atoms with Crippen molar-refractivity contribution in [1.29, 1.82) is 0 Å². The quantitative estimate of drug-likeness (QED) is 0.702. The van der Waals surface area contributed by atoms with Crippen LogP contribution in [0.15, 0.2) is 34.1 Å². The normalized spacial score (nSPS) is 11.6. The van der Waals surface area contributed by atoms with Gasteiger partial charge in [-0.15, -0.1) is 21.5 Å². The summed E-state index contributed by atoms with van der Waals surface area (Å²) in [5, 5.41) is 15.0. The number of nitrogens with one attached hydrogen (secondary N) is 1. The first-order chi connectivity index (χ1) is 10.2. The van der Waals surface area contributed by atoms with E-state index in [1.54, 1.807) is 11.3 Å². The molecule has 2 aromatic heterocycles. The number of fused-ring (bicyclic) bond motifs is 1. The van der Waals surface area contributed by atoms with Crippen LogP contribution < -0.4 is 5.32 Å². The number of hydrogen-bond acceptors (Lipinski definition) is 5. The maximum Gasteiger partial charge on any atom is 0.249 e. The monoisotopic (exact) mass is 301 g/mol. The molecule has 0 aliphatic heterocycles. The van der Waals surface area contributed by atoms with Crippen LogP contribution in [0.1, 0.15) is 26.2 Å². The summed E-state index contributed by atoms with van der Waals surface area (Å²) in [6, 6.07) is 8.80. The first-order valence-electron chi connectivity index (χ1n) is 7.26. The van der Waals surface area contributed by atoms with Crippen molar-refractivity contribution < 1.29 is 4.42 Å². The number of hydrogen-bond donors (Lipinski definition) is 1. The minimum atomic E-state index is 0.514. The molecule has 0 aliphatic carbocycles. The Kier molecular flexibility index (Phi) is 4.31. The van der Waals surface area contributed by atoms with Gasteiger partial charge in [0, 0.05) is 27.9 Å². The zero-order valence-corrected chi connectivity index (χ0v) is 13.1. The maximum atomic E-state index is 5.80. The summed E-state index contributed by atoms with van der Waals surface area (Å²) in [4.78, 5) is 0. The number of aryl methyl sites for hydroxylation is 1. The van der Waals surface area contributed by atoms with Crippen molar-refractivity contribution in [3.63, 3.8) is 0 Å². The number of rotatable bonds is 6. The second kappa shape index (κ2) is 6.37. The van der Waals surface area contributed by atoms with E-state index in [1.807, 2.05) is 12.1 Å². The van der Waals surface area contributed by atoms with Crippen LogP contribution in [0.2, 0.25) is 0 Å². The van der Waals surface area contributed by atoms with E-state index in [2.05, 4.69) is 46.9 Å². The Hall–Kier alpha value is -1.72. The van der Waals surface area contributed by atoms with E-state index in [0.717, 1.165) is 24.9 Å². The standard InChI is InChI=1S/C16H19N3OS/c1-11(2)17-9-5-8-15-18-19-16(20-15)13-10-21-14-7-4-3-6-12(13)14/h3-4,6-7,10-11,17H,5,8-9H2,1-2H3. The van der Waals surface area contributed by atoms with Gasteiger partial charge in [-0.2, -0.15) is 0 Å². The summed E-state index contributed by atoms with van der Waals surface area (Å²) >= 11 is 1.70. The van der Waals surface area contributed by atoms with Gasteiger partial charge in [0.2, 0.25) is 11.8 Å². The SMILES string of the molecule is CC(C)NCCCc1nnc(-c2csc3ccccc23)o1. The van der Waals surface area contributed by atoms with E-state index in [9.17, 15) is 0 Å². The average molecular weight is 301 g/mol. The zero-order chi connectivity index (χ0) is 14.7. The second-order valence-corrected chi connectivity index (χ2v) is 6.27. The Morgan fingerprint density at radius 3 is 2.95 bits per heavy atom. The lowest BCUT2D eigenvalue weighted by atomic mass is 10.2. The molecule has 3 rings (SSSR count). The first kappa shape index (κ1) is 14.2. The van der Waals surface area contributed by atoms with Gasteiger partial charge in [-0.1, -0.05) is 32.0 Å². The average Bonchev–Trinajstić information content (AvgIpc) is 3.09. The van der Waals surface area contributed by atoms with E-state index < -0.39 is 0 Å². The topological polar surface area (TPSA) is 51.0 Å². The number of benzene rings is 1. The Morgan fingerprint density at radius 2 is 2.10 bits per heavy atom. The van der Waals surface area contributed by atoms with Gasteiger partial charge in [0.1, 0.15) is 0 Å². The van der Waals surface area contributed by atoms with Crippen LogP contribution in [0.4, 0.5) is 0 Å². The zero-order valence-electron chi connectivity index (χ0n) is 12.3. The molecule has 0 aliphatic rings. The van der Waals surface area contributed by atoms with Gasteiger partial charge >= 0.3 is 0 Å². The summed E-state index contributed by atoms with van der Waals surface area (Å²) in [6.07, 6.45) is 1.82. The summed E-state index contributed by atoms with van der Waals surface area (Å²) in [5.74, 6) is 1.34. The van der Waals surface area contributed by atoms with Crippen molar-refractivity contribution in [3.8, 4) is 11.5 Å². The van der Waals surface area contributed by atoms with E-state index in [-0.39, 0.29) is 0 Å². The molecule has 0 bridgehead atoms. The Labute approximate surface area is 128 Å². The number of thiophene rings is 1. The molecule has 3 aromatic rings. The third kappa shape index (κ3) is 3.31. The van der Waals surface area contributed by atoms with Gasteiger partial charge < -0.3 is 9.73 Å². The predicted octanol–water partition coefficient (Wildman–Crippen LogP) is 3.88. The Bertz CT molecular complexity index is 717. The third-order valence-electron chi connectivity index (χ3n) is 3.30. The molecule has 0 saturated carbocycles. The molecule has 0 atom stereocenters. The highest BCUT2D eigenvalue weighted by Crippen LogP contribution is 2.32. The van der Waals surface area contributed by atoms with E-state index >= 15 is 0 Å². The lowest BCUT2D eigenvalue weighted by molar-refractivity contribution is 0.484. The first-order valence-corrected chi connectivity index (χ1v) is 8.14. The van der Waals surface area contributed by atoms with Gasteiger partial charge in [-0.05, 0) is 19.0 Å². The molecule has 2 heterocycles. The molecule has 0 unspecified atom stereocenters. The highest BCUT2D eigenvalue weighted by atomic mass is 32.1. The summed E-state index contributed by atoms with van der Waals surface area (Å²) in [6.45, 7) is 5.26. The molecule has 0 spiro atoms. The van der Waals surface area contributed by atoms with Crippen molar-refractivity contribution >= 4 is 21.4 Å². The fourth-order valence-electron chi connectivity index (χ4n) is 2.24. The highest BCUT2D eigenvalue weighted by molar-refractivity contribution is 7.17. The summed E-state index contributed by atoms with van der Waals surface area (Å²) in [7, 11) is 0. The second-order valence-electron chi connectivity index (χ2n) is 5.36. The van der Waals surface area contributed by atoms with E-state index in [4.69, 9.17) is 4.42 Å². The molecule has 0 radical (unpaired) electrons. The van der Waals surface area contributed by atoms with E-state index in [1.165, 1.54) is 10.1 Å². The van der Waals surface area contributed by atoms with Gasteiger partial charge in [0.05, 0.1) is 5.56 Å². The molecule has 1 N–H and O–H groups in total. The number of aromatic nitrogens is 2. The van der Waals surface area contributed by atoms with Crippen LogP contribution in [0.25, 0.3) is 21.5 Å². The lowest BCUT2D eigenvalue weighted by Crippen LogP contribution is -2.23. The van der Waals surface area contributed by atoms with Crippen molar-refractivity contribution in [2.75, 3.05) is 6.54 Å². The molecular weight excluding hydrogens is 282 g/mol. The van der Waals surface area contributed by atoms with E-state index in [0.29, 0.717) is 17.8 Å². The Morgan fingerprint density at radius 1 is 1.24 bits per heavy atom. The molecule has 0 amide bonds. The van der Waals surface area contributed by atoms with Crippen LogP contribution in [-0.2, 0) is 6.42 Å². The smallest absolute Gasteiger partial charge is 0.249 e. The number of nitrogens with zero attached hydrogens (tertiary/aromatic N) is 2. The molecule has 4 nitrogen and oxygen atoms in total. The van der Waals surface area contributed by atoms with Crippen LogP contribution >= 0.6 is 11.3 Å². The lowest BCUT2D eigenvalue weighted by Gasteiger charge is -2.05. The highest BCUT2D eigenvalue weighted by Gasteiger charge is 2.12. The molecule has 21 heavy (non-hydrogen) atoms. The van der Waals surface area contributed by atoms with Crippen LogP contribution in [0, 0.1) is 0 Å². The molecule has 0 saturated heterocycles. The minimum absolute atomic E-state index is 0.514. The molecular formula is C16H19N3OS. The van der Waals surface area contributed by atoms with Crippen LogP contribution in [0.3, 0.4) is 0 Å². The van der Waals surface area contributed by atoms with Crippen LogP contribution in [-0.4, -0.2) is 22.8 Å². The van der Waals surface area contributed by atoms with Gasteiger partial charge in [0.15, 0.2) is 0 Å². The van der Waals surface area contributed by atoms with Crippen molar-refractivity contribution in [1.82, 2.24) is 15.5 Å². The molecule has 5 heteroatoms.